The first-order valence-electron chi connectivity index (χ1n) is 4.25. The Kier molecular flexibility index (Phi) is 1.93. The third-order valence-corrected chi connectivity index (χ3v) is 2.34. The predicted octanol–water partition coefficient (Wildman–Crippen LogP) is 2.08. The second-order valence-electron chi connectivity index (χ2n) is 3.20. The number of hydrogen-bond donors (Lipinski definition) is 0. The first-order valence-corrected chi connectivity index (χ1v) is 4.25. The Hall–Kier alpha value is -1.51. The molecule has 0 aromatic heterocycles. The molecule has 3 heteroatoms. The summed E-state index contributed by atoms with van der Waals surface area (Å²) in [7, 11) is 0. The molecule has 2 rings (SSSR count). The van der Waals surface area contributed by atoms with Gasteiger partial charge in [0, 0.05) is 12.0 Å². The number of nitrogens with zero attached hydrogens (tertiary/aromatic N) is 1. The minimum atomic E-state index is 0.196. The number of ketones is 1. The second-order valence-corrected chi connectivity index (χ2v) is 3.20. The number of nitroso groups, excluding NO2 is 1. The Labute approximate surface area is 75.7 Å². The fraction of sp³-hybridized carbons (Fsp3) is 0.300. The van der Waals surface area contributed by atoms with Gasteiger partial charge in [0.1, 0.15) is 6.54 Å². The molecule has 0 amide bonds. The van der Waals surface area contributed by atoms with Crippen LogP contribution in [-0.2, 0) is 13.0 Å². The van der Waals surface area contributed by atoms with E-state index in [1.807, 2.05) is 6.07 Å². The van der Waals surface area contributed by atoms with Gasteiger partial charge in [-0.1, -0.05) is 23.4 Å². The maximum atomic E-state index is 11.2. The highest BCUT2D eigenvalue weighted by atomic mass is 16.3. The van der Waals surface area contributed by atoms with Crippen LogP contribution in [-0.4, -0.2) is 5.78 Å². The predicted molar refractivity (Wildman–Crippen MR) is 48.6 cm³/mol. The molecule has 0 saturated heterocycles. The highest BCUT2D eigenvalue weighted by molar-refractivity contribution is 6.00. The van der Waals surface area contributed by atoms with Crippen LogP contribution in [0.5, 0.6) is 0 Å². The molecule has 0 N–H and O–H groups in total. The number of hydrogen-bond acceptors (Lipinski definition) is 3. The van der Waals surface area contributed by atoms with Crippen molar-refractivity contribution in [1.29, 1.82) is 0 Å². The van der Waals surface area contributed by atoms with Gasteiger partial charge in [0.2, 0.25) is 0 Å². The zero-order valence-corrected chi connectivity index (χ0v) is 7.12. The summed E-state index contributed by atoms with van der Waals surface area (Å²) in [6, 6.07) is 5.50. The topological polar surface area (TPSA) is 46.5 Å². The smallest absolute Gasteiger partial charge is 0.163 e. The maximum Gasteiger partial charge on any atom is 0.163 e. The fourth-order valence-electron chi connectivity index (χ4n) is 1.68. The molecule has 0 unspecified atom stereocenters. The molecule has 1 aliphatic rings. The van der Waals surface area contributed by atoms with E-state index in [0.29, 0.717) is 6.42 Å². The molecule has 0 bridgehead atoms. The molecule has 0 spiro atoms. The van der Waals surface area contributed by atoms with Crippen LogP contribution >= 0.6 is 0 Å². The molecule has 1 aromatic rings. The van der Waals surface area contributed by atoms with Crippen LogP contribution in [0, 0.1) is 4.91 Å². The van der Waals surface area contributed by atoms with Crippen LogP contribution in [0.4, 0.5) is 0 Å². The molecule has 13 heavy (non-hydrogen) atoms. The van der Waals surface area contributed by atoms with Crippen LogP contribution in [0.3, 0.4) is 0 Å². The summed E-state index contributed by atoms with van der Waals surface area (Å²) in [6.45, 7) is 0.196. The third kappa shape index (κ3) is 1.37. The summed E-state index contributed by atoms with van der Waals surface area (Å²) in [5, 5.41) is 2.82. The van der Waals surface area contributed by atoms with Crippen molar-refractivity contribution in [3.8, 4) is 0 Å². The molecule has 0 saturated carbocycles. The van der Waals surface area contributed by atoms with Crippen molar-refractivity contribution >= 4 is 5.78 Å². The summed E-state index contributed by atoms with van der Waals surface area (Å²) < 4.78 is 0. The van der Waals surface area contributed by atoms with Crippen LogP contribution in [0.1, 0.15) is 27.9 Å². The van der Waals surface area contributed by atoms with E-state index in [1.54, 1.807) is 12.1 Å². The first-order chi connectivity index (χ1) is 6.31. The van der Waals surface area contributed by atoms with E-state index in [1.165, 1.54) is 0 Å². The number of rotatable bonds is 2. The normalized spacial score (nSPS) is 14.3. The minimum absolute atomic E-state index is 0.196. The molecule has 1 aromatic carbocycles. The number of Topliss-reactive ketones (excluding diaryl/α,β-unsaturated/α-hetero) is 1. The molecular weight excluding hydrogens is 166 g/mol. The molecule has 0 atom stereocenters. The molecule has 0 heterocycles. The monoisotopic (exact) mass is 175 g/mol. The third-order valence-electron chi connectivity index (χ3n) is 2.34. The van der Waals surface area contributed by atoms with E-state index < -0.39 is 0 Å². The van der Waals surface area contributed by atoms with Gasteiger partial charge < -0.3 is 0 Å². The van der Waals surface area contributed by atoms with Crippen molar-refractivity contribution in [1.82, 2.24) is 0 Å². The Bertz CT molecular complexity index is 371. The molecule has 1 aliphatic carbocycles. The summed E-state index contributed by atoms with van der Waals surface area (Å²) >= 11 is 0. The van der Waals surface area contributed by atoms with E-state index in [-0.39, 0.29) is 12.3 Å². The van der Waals surface area contributed by atoms with Gasteiger partial charge in [0.25, 0.3) is 0 Å². The zero-order valence-electron chi connectivity index (χ0n) is 7.12. The summed E-state index contributed by atoms with van der Waals surface area (Å²) in [5.74, 6) is 0.209. The van der Waals surface area contributed by atoms with Crippen LogP contribution < -0.4 is 0 Å². The summed E-state index contributed by atoms with van der Waals surface area (Å²) in [5.41, 5.74) is 2.77. The van der Waals surface area contributed by atoms with Crippen LogP contribution in [0.15, 0.2) is 23.4 Å². The van der Waals surface area contributed by atoms with Crippen molar-refractivity contribution in [2.24, 2.45) is 5.18 Å². The molecule has 0 fully saturated rings. The minimum Gasteiger partial charge on any atom is -0.294 e. The lowest BCUT2D eigenvalue weighted by molar-refractivity contribution is 0.0994. The number of carbonyl (C=O) groups is 1. The molecule has 66 valence electrons. The molecule has 0 radical (unpaired) electrons. The number of carbonyl (C=O) groups excluding carboxylic acids is 1. The van der Waals surface area contributed by atoms with Gasteiger partial charge in [-0.3, -0.25) is 4.79 Å². The van der Waals surface area contributed by atoms with Gasteiger partial charge in [-0.15, -0.1) is 0 Å². The van der Waals surface area contributed by atoms with Gasteiger partial charge in [-0.25, -0.2) is 0 Å². The Morgan fingerprint density at radius 2 is 2.15 bits per heavy atom. The average Bonchev–Trinajstić information content (AvgIpc) is 2.48. The van der Waals surface area contributed by atoms with Gasteiger partial charge in [0.05, 0.1) is 0 Å². The number of benzene rings is 1. The SMILES string of the molecule is O=NCc1ccc2c(c1)CCC2=O. The van der Waals surface area contributed by atoms with E-state index in [2.05, 4.69) is 5.18 Å². The van der Waals surface area contributed by atoms with E-state index in [4.69, 9.17) is 0 Å². The molecule has 3 nitrogen and oxygen atoms in total. The van der Waals surface area contributed by atoms with Gasteiger partial charge in [-0.2, -0.15) is 4.91 Å². The Balaban J connectivity index is 2.39. The van der Waals surface area contributed by atoms with Gasteiger partial charge >= 0.3 is 0 Å². The van der Waals surface area contributed by atoms with E-state index in [9.17, 15) is 9.70 Å². The highest BCUT2D eigenvalue weighted by Gasteiger charge is 2.18. The first kappa shape index (κ1) is 8.10. The number of fused-ring (bicyclic) bond motifs is 1. The average molecular weight is 175 g/mol. The highest BCUT2D eigenvalue weighted by Crippen LogP contribution is 2.23. The number of aryl methyl sites for hydroxylation is 1. The van der Waals surface area contributed by atoms with E-state index >= 15 is 0 Å². The fourth-order valence-corrected chi connectivity index (χ4v) is 1.68. The van der Waals surface area contributed by atoms with Crippen LogP contribution in [0.2, 0.25) is 0 Å². The van der Waals surface area contributed by atoms with Gasteiger partial charge in [-0.05, 0) is 17.5 Å². The summed E-state index contributed by atoms with van der Waals surface area (Å²) in [6.07, 6.45) is 1.41. The zero-order chi connectivity index (χ0) is 9.26. The van der Waals surface area contributed by atoms with Gasteiger partial charge in [0.15, 0.2) is 5.78 Å². The van der Waals surface area contributed by atoms with Crippen molar-refractivity contribution in [2.75, 3.05) is 0 Å². The summed E-state index contributed by atoms with van der Waals surface area (Å²) in [4.78, 5) is 21.3. The van der Waals surface area contributed by atoms with Crippen molar-refractivity contribution in [2.45, 2.75) is 19.4 Å². The van der Waals surface area contributed by atoms with E-state index in [0.717, 1.165) is 23.1 Å². The molecular formula is C10H9NO2. The lowest BCUT2D eigenvalue weighted by Gasteiger charge is -1.99. The van der Waals surface area contributed by atoms with Crippen molar-refractivity contribution < 1.29 is 4.79 Å². The standard InChI is InChI=1S/C10H9NO2/c12-10-4-2-8-5-7(6-11-13)1-3-9(8)10/h1,3,5H,2,4,6H2. The lowest BCUT2D eigenvalue weighted by Crippen LogP contribution is -1.91. The quantitative estimate of drug-likeness (QED) is 0.646. The van der Waals surface area contributed by atoms with Crippen molar-refractivity contribution in [3.05, 3.63) is 39.8 Å². The van der Waals surface area contributed by atoms with Crippen molar-refractivity contribution in [3.63, 3.8) is 0 Å². The second kappa shape index (κ2) is 3.09. The molecule has 0 aliphatic heterocycles. The largest absolute Gasteiger partial charge is 0.294 e. The van der Waals surface area contributed by atoms with Crippen LogP contribution in [0.25, 0.3) is 0 Å². The lowest BCUT2D eigenvalue weighted by atomic mass is 10.1. The maximum absolute atomic E-state index is 11.2. The Morgan fingerprint density at radius 3 is 2.92 bits per heavy atom. The Morgan fingerprint density at radius 1 is 1.31 bits per heavy atom.